The Kier molecular flexibility index (Phi) is 6.14. The number of hydrogen-bond donors (Lipinski definition) is 1. The van der Waals surface area contributed by atoms with Gasteiger partial charge in [-0.15, -0.1) is 0 Å². The summed E-state index contributed by atoms with van der Waals surface area (Å²) in [6, 6.07) is 7.19. The van der Waals surface area contributed by atoms with Gasteiger partial charge >= 0.3 is 6.18 Å². The number of amides is 1. The predicted molar refractivity (Wildman–Crippen MR) is 103 cm³/mol. The van der Waals surface area contributed by atoms with Crippen molar-refractivity contribution >= 4 is 15.7 Å². The van der Waals surface area contributed by atoms with Crippen LogP contribution in [-0.4, -0.2) is 25.4 Å². The Balaban J connectivity index is 1.70. The predicted octanol–water partition coefficient (Wildman–Crippen LogP) is 4.97. The molecule has 0 aliphatic heterocycles. The van der Waals surface area contributed by atoms with E-state index in [0.29, 0.717) is 17.7 Å². The van der Waals surface area contributed by atoms with Crippen LogP contribution in [0.1, 0.15) is 47.2 Å². The number of hydrogen-bond acceptors (Lipinski definition) is 3. The molecule has 0 unspecified atom stereocenters. The average Bonchev–Trinajstić information content (AvgIpc) is 2.69. The van der Waals surface area contributed by atoms with Crippen molar-refractivity contribution in [2.75, 3.05) is 0 Å². The molecule has 0 spiro atoms. The first-order chi connectivity index (χ1) is 14.3. The first-order valence-electron chi connectivity index (χ1n) is 9.51. The molecule has 0 radical (unpaired) electrons. The van der Waals surface area contributed by atoms with Crippen molar-refractivity contribution in [3.8, 4) is 0 Å². The molecular formula is C21H20F5NO3S. The number of benzene rings is 2. The van der Waals surface area contributed by atoms with E-state index in [0.717, 1.165) is 6.07 Å². The van der Waals surface area contributed by atoms with Crippen molar-refractivity contribution in [3.05, 3.63) is 65.0 Å². The third-order valence-corrected chi connectivity index (χ3v) is 7.63. The summed E-state index contributed by atoms with van der Waals surface area (Å²) in [7, 11) is -4.26. The third-order valence-electron chi connectivity index (χ3n) is 5.38. The fourth-order valence-electron chi connectivity index (χ4n) is 3.61. The fraction of sp³-hybridized carbons (Fsp3) is 0.381. The van der Waals surface area contributed by atoms with E-state index in [9.17, 15) is 30.8 Å². The van der Waals surface area contributed by atoms with Gasteiger partial charge in [0, 0.05) is 11.6 Å². The Bertz CT molecular complexity index is 1090. The molecule has 168 valence electrons. The first kappa shape index (κ1) is 23.2. The summed E-state index contributed by atoms with van der Waals surface area (Å²) in [6.07, 6.45) is -5.72. The second-order valence-electron chi connectivity index (χ2n) is 7.64. The minimum absolute atomic E-state index is 0.0133. The Morgan fingerprint density at radius 3 is 2.32 bits per heavy atom. The number of rotatable bonds is 4. The van der Waals surface area contributed by atoms with Gasteiger partial charge in [0.15, 0.2) is 0 Å². The fourth-order valence-corrected chi connectivity index (χ4v) is 5.40. The van der Waals surface area contributed by atoms with E-state index < -0.39 is 49.9 Å². The van der Waals surface area contributed by atoms with E-state index in [2.05, 4.69) is 5.32 Å². The average molecular weight is 461 g/mol. The number of sulfone groups is 1. The molecule has 4 nitrogen and oxygen atoms in total. The third kappa shape index (κ3) is 4.73. The van der Waals surface area contributed by atoms with Crippen molar-refractivity contribution in [2.45, 2.75) is 54.7 Å². The zero-order valence-corrected chi connectivity index (χ0v) is 17.3. The summed E-state index contributed by atoms with van der Waals surface area (Å²) in [5, 5.41) is -0.0175. The number of alkyl halides is 4. The minimum Gasteiger partial charge on any atom is -0.349 e. The number of carbonyl (C=O) groups is 1. The molecule has 0 bridgehead atoms. The van der Waals surface area contributed by atoms with Gasteiger partial charge in [-0.1, -0.05) is 12.1 Å². The van der Waals surface area contributed by atoms with E-state index in [1.165, 1.54) is 18.2 Å². The van der Waals surface area contributed by atoms with Crippen molar-refractivity contribution < 1.29 is 35.2 Å². The summed E-state index contributed by atoms with van der Waals surface area (Å²) in [4.78, 5) is 12.2. The maximum Gasteiger partial charge on any atom is 0.419 e. The van der Waals surface area contributed by atoms with Crippen LogP contribution in [0.3, 0.4) is 0 Å². The molecule has 1 N–H and O–H groups in total. The molecule has 1 saturated carbocycles. The second-order valence-corrected chi connectivity index (χ2v) is 9.85. The molecule has 2 aromatic carbocycles. The summed E-state index contributed by atoms with van der Waals surface area (Å²) in [6.45, 7) is 1.69. The topological polar surface area (TPSA) is 63.2 Å². The lowest BCUT2D eigenvalue weighted by atomic mass is 9.93. The summed E-state index contributed by atoms with van der Waals surface area (Å²) >= 11 is 0. The molecular weight excluding hydrogens is 441 g/mol. The standard InChI is InChI=1S/C21H20F5NO3S/c1-13-3-2-4-16(11-13)31(29,30)20(23)9-7-15(8-10-20)27-19(28)14-5-6-18(22)17(12-14)21(24,25)26/h2-6,11-12,15H,7-10H2,1H3,(H,27,28)/t15-,20-. The maximum absolute atomic E-state index is 15.4. The van der Waals surface area contributed by atoms with Gasteiger partial charge in [0.2, 0.25) is 14.8 Å². The highest BCUT2D eigenvalue weighted by Gasteiger charge is 2.48. The van der Waals surface area contributed by atoms with E-state index in [1.807, 2.05) is 0 Å². The van der Waals surface area contributed by atoms with Gasteiger partial charge in [-0.25, -0.2) is 17.2 Å². The number of nitrogens with one attached hydrogen (secondary N) is 1. The zero-order valence-electron chi connectivity index (χ0n) is 16.5. The quantitative estimate of drug-likeness (QED) is 0.655. The van der Waals surface area contributed by atoms with Gasteiger partial charge in [-0.05, 0) is 68.5 Å². The number of aryl methyl sites for hydroxylation is 1. The molecule has 1 amide bonds. The number of carbonyl (C=O) groups excluding carboxylic acids is 1. The van der Waals surface area contributed by atoms with Crippen LogP contribution in [0.25, 0.3) is 0 Å². The van der Waals surface area contributed by atoms with Gasteiger partial charge < -0.3 is 5.32 Å². The van der Waals surface area contributed by atoms with Crippen LogP contribution in [-0.2, 0) is 16.0 Å². The summed E-state index contributed by atoms with van der Waals surface area (Å²) in [5.41, 5.74) is -1.28. The van der Waals surface area contributed by atoms with Crippen LogP contribution in [0.4, 0.5) is 22.0 Å². The second kappa shape index (κ2) is 8.22. The van der Waals surface area contributed by atoms with Gasteiger partial charge in [0.1, 0.15) is 5.82 Å². The lowest BCUT2D eigenvalue weighted by Gasteiger charge is -2.34. The highest BCUT2D eigenvalue weighted by Crippen LogP contribution is 2.40. The highest BCUT2D eigenvalue weighted by atomic mass is 32.2. The highest BCUT2D eigenvalue weighted by molar-refractivity contribution is 7.92. The minimum atomic E-state index is -4.96. The molecule has 1 aliphatic rings. The Hall–Kier alpha value is -2.49. The molecule has 0 aromatic heterocycles. The summed E-state index contributed by atoms with van der Waals surface area (Å²) < 4.78 is 92.8. The molecule has 10 heteroatoms. The molecule has 1 fully saturated rings. The molecule has 3 rings (SSSR count). The molecule has 31 heavy (non-hydrogen) atoms. The molecule has 0 atom stereocenters. The van der Waals surface area contributed by atoms with Crippen molar-refractivity contribution in [1.29, 1.82) is 0 Å². The molecule has 2 aromatic rings. The van der Waals surface area contributed by atoms with E-state index in [4.69, 9.17) is 0 Å². The SMILES string of the molecule is Cc1cccc(S(=O)(=O)[C@]2(F)CC[C@@H](NC(=O)c3ccc(F)c(C(F)(F)F)c3)CC2)c1. The van der Waals surface area contributed by atoms with Crippen LogP contribution >= 0.6 is 0 Å². The van der Waals surface area contributed by atoms with E-state index in [-0.39, 0.29) is 30.6 Å². The lowest BCUT2D eigenvalue weighted by Crippen LogP contribution is -2.45. The smallest absolute Gasteiger partial charge is 0.349 e. The first-order valence-corrected chi connectivity index (χ1v) is 11.0. The van der Waals surface area contributed by atoms with Crippen LogP contribution in [0.2, 0.25) is 0 Å². The van der Waals surface area contributed by atoms with Crippen molar-refractivity contribution in [2.24, 2.45) is 0 Å². The Labute approximate surface area is 176 Å². The van der Waals surface area contributed by atoms with Crippen LogP contribution in [0.5, 0.6) is 0 Å². The zero-order chi connectivity index (χ0) is 23.0. The normalized spacial score (nSPS) is 22.2. The van der Waals surface area contributed by atoms with Crippen LogP contribution in [0, 0.1) is 12.7 Å². The molecule has 0 saturated heterocycles. The maximum atomic E-state index is 15.4. The lowest BCUT2D eigenvalue weighted by molar-refractivity contribution is -0.140. The largest absolute Gasteiger partial charge is 0.419 e. The monoisotopic (exact) mass is 461 g/mol. The Morgan fingerprint density at radius 1 is 1.10 bits per heavy atom. The van der Waals surface area contributed by atoms with Crippen LogP contribution < -0.4 is 5.32 Å². The van der Waals surface area contributed by atoms with Gasteiger partial charge in [-0.3, -0.25) is 4.79 Å². The van der Waals surface area contributed by atoms with Crippen LogP contribution in [0.15, 0.2) is 47.4 Å². The van der Waals surface area contributed by atoms with Crippen molar-refractivity contribution in [1.82, 2.24) is 5.32 Å². The molecule has 1 aliphatic carbocycles. The van der Waals surface area contributed by atoms with Gasteiger partial charge in [0.05, 0.1) is 10.5 Å². The number of halogens is 5. The van der Waals surface area contributed by atoms with Gasteiger partial charge in [0.25, 0.3) is 5.91 Å². The van der Waals surface area contributed by atoms with Gasteiger partial charge in [-0.2, -0.15) is 13.2 Å². The van der Waals surface area contributed by atoms with E-state index >= 15 is 4.39 Å². The summed E-state index contributed by atoms with van der Waals surface area (Å²) in [5.74, 6) is -2.37. The van der Waals surface area contributed by atoms with Crippen molar-refractivity contribution in [3.63, 3.8) is 0 Å². The Morgan fingerprint density at radius 2 is 1.74 bits per heavy atom. The van der Waals surface area contributed by atoms with E-state index in [1.54, 1.807) is 13.0 Å². The molecule has 0 heterocycles.